The molecule has 0 bridgehead atoms. The number of fused-ring (bicyclic) bond motifs is 1. The lowest BCUT2D eigenvalue weighted by Gasteiger charge is -2.23. The molecule has 8 nitrogen and oxygen atoms in total. The van der Waals surface area contributed by atoms with Gasteiger partial charge in [-0.1, -0.05) is 0 Å². The van der Waals surface area contributed by atoms with Gasteiger partial charge in [0.25, 0.3) is 0 Å². The normalized spacial score (nSPS) is 18.6. The Bertz CT molecular complexity index is 1180. The van der Waals surface area contributed by atoms with E-state index in [2.05, 4.69) is 11.4 Å². The Kier molecular flexibility index (Phi) is 6.42. The Morgan fingerprint density at radius 3 is 2.66 bits per heavy atom. The number of nitrogens with zero attached hydrogens (tertiary/aromatic N) is 2. The molecule has 1 fully saturated rings. The Balaban J connectivity index is 1.59. The van der Waals surface area contributed by atoms with Gasteiger partial charge in [-0.3, -0.25) is 4.79 Å². The number of nitriles is 1. The zero-order valence-electron chi connectivity index (χ0n) is 18.0. The molecule has 1 N–H and O–H groups in total. The van der Waals surface area contributed by atoms with Crippen LogP contribution in [-0.4, -0.2) is 45.4 Å². The molecule has 170 valence electrons. The fourth-order valence-corrected chi connectivity index (χ4v) is 7.28. The van der Waals surface area contributed by atoms with Gasteiger partial charge in [0.05, 0.1) is 24.7 Å². The van der Waals surface area contributed by atoms with Crippen molar-refractivity contribution < 1.29 is 22.7 Å². The summed E-state index contributed by atoms with van der Waals surface area (Å²) < 4.78 is 38.4. The van der Waals surface area contributed by atoms with Gasteiger partial charge in [-0.2, -0.15) is 9.57 Å². The lowest BCUT2D eigenvalue weighted by Crippen LogP contribution is -2.43. The first-order valence-electron chi connectivity index (χ1n) is 10.5. The SMILES string of the molecule is COc1ccc(S(=O)(=O)N2CCCC2C(=O)Nc2sc3c(c2C#N)CCCC3)cc1OC. The number of aryl methyl sites for hydroxylation is 1. The van der Waals surface area contributed by atoms with Crippen molar-refractivity contribution in [2.45, 2.75) is 49.5 Å². The number of rotatable bonds is 6. The number of amides is 1. The number of thiophene rings is 1. The summed E-state index contributed by atoms with van der Waals surface area (Å²) in [5.41, 5.74) is 1.55. The molecule has 2 aliphatic rings. The van der Waals surface area contributed by atoms with Gasteiger partial charge >= 0.3 is 0 Å². The number of benzene rings is 1. The largest absolute Gasteiger partial charge is 0.493 e. The summed E-state index contributed by atoms with van der Waals surface area (Å²) in [5.74, 6) is 0.325. The first-order chi connectivity index (χ1) is 15.4. The van der Waals surface area contributed by atoms with Crippen LogP contribution < -0.4 is 14.8 Å². The zero-order valence-corrected chi connectivity index (χ0v) is 19.6. The molecule has 1 amide bonds. The average molecular weight is 476 g/mol. The van der Waals surface area contributed by atoms with E-state index < -0.39 is 22.0 Å². The summed E-state index contributed by atoms with van der Waals surface area (Å²) in [5, 5.41) is 13.0. The van der Waals surface area contributed by atoms with Crippen molar-refractivity contribution in [3.05, 3.63) is 34.2 Å². The molecule has 1 atom stereocenters. The topological polar surface area (TPSA) is 109 Å². The molecule has 1 aromatic heterocycles. The van der Waals surface area contributed by atoms with Crippen molar-refractivity contribution in [1.82, 2.24) is 4.31 Å². The average Bonchev–Trinajstić information content (AvgIpc) is 3.43. The summed E-state index contributed by atoms with van der Waals surface area (Å²) in [6.45, 7) is 0.251. The van der Waals surface area contributed by atoms with Crippen molar-refractivity contribution >= 4 is 32.3 Å². The highest BCUT2D eigenvalue weighted by molar-refractivity contribution is 7.89. The lowest BCUT2D eigenvalue weighted by molar-refractivity contribution is -0.119. The zero-order chi connectivity index (χ0) is 22.9. The van der Waals surface area contributed by atoms with E-state index in [-0.39, 0.29) is 11.4 Å². The van der Waals surface area contributed by atoms with Crippen LogP contribution in [0.5, 0.6) is 11.5 Å². The second-order valence-corrected chi connectivity index (χ2v) is 10.8. The van der Waals surface area contributed by atoms with Crippen LogP contribution in [-0.2, 0) is 27.7 Å². The summed E-state index contributed by atoms with van der Waals surface area (Å²) >= 11 is 1.43. The van der Waals surface area contributed by atoms with Crippen LogP contribution in [0.1, 0.15) is 41.7 Å². The molecule has 1 aliphatic heterocycles. The van der Waals surface area contributed by atoms with E-state index in [1.807, 2.05) is 0 Å². The van der Waals surface area contributed by atoms with E-state index >= 15 is 0 Å². The highest BCUT2D eigenvalue weighted by Gasteiger charge is 2.40. The summed E-state index contributed by atoms with van der Waals surface area (Å²) in [6.07, 6.45) is 4.86. The number of carbonyl (C=O) groups is 1. The van der Waals surface area contributed by atoms with Crippen LogP contribution in [0, 0.1) is 11.3 Å². The molecule has 32 heavy (non-hydrogen) atoms. The third-order valence-electron chi connectivity index (χ3n) is 5.99. The minimum absolute atomic E-state index is 0.0409. The Hall–Kier alpha value is -2.61. The molecule has 0 radical (unpaired) electrons. The molecule has 0 saturated carbocycles. The quantitative estimate of drug-likeness (QED) is 0.687. The van der Waals surface area contributed by atoms with Crippen molar-refractivity contribution in [3.63, 3.8) is 0 Å². The molecule has 0 spiro atoms. The van der Waals surface area contributed by atoms with Gasteiger partial charge in [0.15, 0.2) is 11.5 Å². The van der Waals surface area contributed by atoms with Crippen LogP contribution in [0.25, 0.3) is 0 Å². The van der Waals surface area contributed by atoms with Gasteiger partial charge in [-0.15, -0.1) is 11.3 Å². The maximum absolute atomic E-state index is 13.4. The highest BCUT2D eigenvalue weighted by atomic mass is 32.2. The maximum atomic E-state index is 13.4. The second-order valence-electron chi connectivity index (χ2n) is 7.81. The van der Waals surface area contributed by atoms with Gasteiger partial charge in [0.1, 0.15) is 17.1 Å². The van der Waals surface area contributed by atoms with E-state index in [1.54, 1.807) is 0 Å². The lowest BCUT2D eigenvalue weighted by atomic mass is 9.96. The minimum Gasteiger partial charge on any atom is -0.493 e. The van der Waals surface area contributed by atoms with Crippen molar-refractivity contribution in [3.8, 4) is 17.6 Å². The number of methoxy groups -OCH3 is 2. The maximum Gasteiger partial charge on any atom is 0.243 e. The van der Waals surface area contributed by atoms with E-state index in [4.69, 9.17) is 9.47 Å². The first kappa shape index (κ1) is 22.6. The van der Waals surface area contributed by atoms with Gasteiger partial charge < -0.3 is 14.8 Å². The molecule has 1 aromatic carbocycles. The standard InChI is InChI=1S/C22H25N3O5S2/c1-29-18-10-9-14(12-19(18)30-2)32(27,28)25-11-5-7-17(25)21(26)24-22-16(13-23)15-6-3-4-8-20(15)31-22/h9-10,12,17H,3-8,11H2,1-2H3,(H,24,26). The fraction of sp³-hybridized carbons (Fsp3) is 0.455. The third kappa shape index (κ3) is 3.96. The van der Waals surface area contributed by atoms with E-state index in [9.17, 15) is 18.5 Å². The van der Waals surface area contributed by atoms with Gasteiger partial charge in [0, 0.05) is 17.5 Å². The van der Waals surface area contributed by atoms with Crippen LogP contribution in [0.4, 0.5) is 5.00 Å². The van der Waals surface area contributed by atoms with Crippen LogP contribution in [0.2, 0.25) is 0 Å². The number of hydrogen-bond acceptors (Lipinski definition) is 7. The summed E-state index contributed by atoms with van der Waals surface area (Å²) in [6, 6.07) is 5.78. The molecule has 2 aromatic rings. The van der Waals surface area contributed by atoms with Gasteiger partial charge in [0.2, 0.25) is 15.9 Å². The van der Waals surface area contributed by atoms with Gasteiger partial charge in [-0.25, -0.2) is 8.42 Å². The molecule has 10 heteroatoms. The number of anilines is 1. The number of hydrogen-bond donors (Lipinski definition) is 1. The smallest absolute Gasteiger partial charge is 0.243 e. The highest BCUT2D eigenvalue weighted by Crippen LogP contribution is 2.38. The minimum atomic E-state index is -3.93. The third-order valence-corrected chi connectivity index (χ3v) is 9.10. The van der Waals surface area contributed by atoms with E-state index in [1.165, 1.54) is 48.1 Å². The molecule has 1 unspecified atom stereocenters. The van der Waals surface area contributed by atoms with E-state index in [0.717, 1.165) is 36.1 Å². The predicted molar refractivity (Wildman–Crippen MR) is 121 cm³/mol. The van der Waals surface area contributed by atoms with Crippen LogP contribution in [0.3, 0.4) is 0 Å². The van der Waals surface area contributed by atoms with Crippen molar-refractivity contribution in [2.75, 3.05) is 26.1 Å². The van der Waals surface area contributed by atoms with Crippen LogP contribution in [0.15, 0.2) is 23.1 Å². The molecule has 4 rings (SSSR count). The molecule has 2 heterocycles. The number of sulfonamides is 1. The van der Waals surface area contributed by atoms with Gasteiger partial charge in [-0.05, 0) is 56.2 Å². The van der Waals surface area contributed by atoms with Crippen molar-refractivity contribution in [1.29, 1.82) is 5.26 Å². The Labute approximate surface area is 191 Å². The predicted octanol–water partition coefficient (Wildman–Crippen LogP) is 3.31. The monoisotopic (exact) mass is 475 g/mol. The number of ether oxygens (including phenoxy) is 2. The first-order valence-corrected chi connectivity index (χ1v) is 12.8. The number of nitrogens with one attached hydrogen (secondary N) is 1. The fourth-order valence-electron chi connectivity index (χ4n) is 4.37. The molecule has 1 saturated heterocycles. The molecular weight excluding hydrogens is 450 g/mol. The van der Waals surface area contributed by atoms with Crippen molar-refractivity contribution in [2.24, 2.45) is 0 Å². The number of carbonyl (C=O) groups excluding carboxylic acids is 1. The Morgan fingerprint density at radius 1 is 1.19 bits per heavy atom. The molecular formula is C22H25N3O5S2. The van der Waals surface area contributed by atoms with E-state index in [0.29, 0.717) is 34.9 Å². The van der Waals surface area contributed by atoms with Crippen LogP contribution >= 0.6 is 11.3 Å². The summed E-state index contributed by atoms with van der Waals surface area (Å²) in [4.78, 5) is 14.3. The second kappa shape index (κ2) is 9.10. The summed E-state index contributed by atoms with van der Waals surface area (Å²) in [7, 11) is -1.01. The Morgan fingerprint density at radius 2 is 1.94 bits per heavy atom. The molecule has 1 aliphatic carbocycles.